The molecule has 2 N–H and O–H groups in total. The summed E-state index contributed by atoms with van der Waals surface area (Å²) in [6.07, 6.45) is 5.06. The number of anilines is 1. The van der Waals surface area contributed by atoms with Crippen molar-refractivity contribution in [3.63, 3.8) is 0 Å². The molecule has 0 aliphatic heterocycles. The Morgan fingerprint density at radius 3 is 2.41 bits per heavy atom. The van der Waals surface area contributed by atoms with E-state index in [0.717, 1.165) is 12.8 Å². The van der Waals surface area contributed by atoms with Gasteiger partial charge >= 0.3 is 0 Å². The first-order valence-electron chi connectivity index (χ1n) is 7.61. The Hall–Kier alpha value is -1.26. The molecule has 0 heterocycles. The highest BCUT2D eigenvalue weighted by atomic mass is 35.5. The van der Waals surface area contributed by atoms with Gasteiger partial charge in [-0.2, -0.15) is 0 Å². The van der Waals surface area contributed by atoms with Gasteiger partial charge in [-0.25, -0.2) is 0 Å². The Morgan fingerprint density at radius 1 is 1.05 bits per heavy atom. The fourth-order valence-electron chi connectivity index (χ4n) is 2.97. The van der Waals surface area contributed by atoms with E-state index >= 15 is 0 Å². The van der Waals surface area contributed by atoms with Gasteiger partial charge in [-0.15, -0.1) is 0 Å². The Kier molecular flexibility index (Phi) is 4.59. The molecule has 118 valence electrons. The zero-order valence-electron chi connectivity index (χ0n) is 12.1. The summed E-state index contributed by atoms with van der Waals surface area (Å²) in [6.45, 7) is 0. The van der Waals surface area contributed by atoms with Crippen LogP contribution < -0.4 is 10.6 Å². The molecule has 4 nitrogen and oxygen atoms in total. The molecule has 2 atom stereocenters. The third-order valence-electron chi connectivity index (χ3n) is 4.35. The molecule has 0 radical (unpaired) electrons. The minimum Gasteiger partial charge on any atom is -0.353 e. The predicted octanol–water partition coefficient (Wildman–Crippen LogP) is 3.63. The van der Waals surface area contributed by atoms with Crippen LogP contribution in [0.3, 0.4) is 0 Å². The summed E-state index contributed by atoms with van der Waals surface area (Å²) in [5.74, 6) is -0.607. The molecular formula is C16H18Cl2N2O2. The number of halogens is 2. The monoisotopic (exact) mass is 340 g/mol. The van der Waals surface area contributed by atoms with Gasteiger partial charge in [0.05, 0.1) is 22.5 Å². The molecule has 22 heavy (non-hydrogen) atoms. The number of benzene rings is 1. The third-order valence-corrected chi connectivity index (χ3v) is 4.90. The zero-order valence-corrected chi connectivity index (χ0v) is 13.6. The van der Waals surface area contributed by atoms with E-state index in [1.54, 1.807) is 18.2 Å². The summed E-state index contributed by atoms with van der Waals surface area (Å²) in [6, 6.07) is 5.21. The number of amides is 2. The molecule has 2 aliphatic carbocycles. The second-order valence-corrected chi connectivity index (χ2v) is 6.90. The highest BCUT2D eigenvalue weighted by Crippen LogP contribution is 2.40. The second kappa shape index (κ2) is 6.47. The van der Waals surface area contributed by atoms with Crippen molar-refractivity contribution in [2.45, 2.75) is 38.1 Å². The van der Waals surface area contributed by atoms with Crippen LogP contribution >= 0.6 is 23.2 Å². The molecule has 3 rings (SSSR count). The van der Waals surface area contributed by atoms with Crippen molar-refractivity contribution in [2.24, 2.45) is 11.8 Å². The molecule has 2 amide bonds. The number of rotatable bonds is 4. The van der Waals surface area contributed by atoms with E-state index < -0.39 is 0 Å². The van der Waals surface area contributed by atoms with E-state index in [2.05, 4.69) is 10.6 Å². The second-order valence-electron chi connectivity index (χ2n) is 6.05. The van der Waals surface area contributed by atoms with Crippen LogP contribution in [0, 0.1) is 11.8 Å². The minimum atomic E-state index is -0.256. The van der Waals surface area contributed by atoms with Crippen LogP contribution in [0.2, 0.25) is 10.0 Å². The van der Waals surface area contributed by atoms with Crippen LogP contribution in [-0.4, -0.2) is 17.9 Å². The number of carbonyl (C=O) groups is 2. The lowest BCUT2D eigenvalue weighted by atomic mass is 10.2. The van der Waals surface area contributed by atoms with Crippen LogP contribution in [-0.2, 0) is 9.59 Å². The van der Waals surface area contributed by atoms with E-state index in [9.17, 15) is 9.59 Å². The van der Waals surface area contributed by atoms with Crippen molar-refractivity contribution in [3.8, 4) is 0 Å². The molecule has 0 spiro atoms. The Morgan fingerprint density at radius 2 is 1.73 bits per heavy atom. The van der Waals surface area contributed by atoms with Crippen LogP contribution in [0.25, 0.3) is 0 Å². The van der Waals surface area contributed by atoms with Crippen molar-refractivity contribution in [2.75, 3.05) is 5.32 Å². The first kappa shape index (κ1) is 15.6. The molecule has 0 saturated heterocycles. The van der Waals surface area contributed by atoms with Crippen LogP contribution in [0.4, 0.5) is 5.69 Å². The van der Waals surface area contributed by atoms with Crippen LogP contribution in [0.15, 0.2) is 18.2 Å². The molecule has 1 aromatic rings. The lowest BCUT2D eigenvalue weighted by Crippen LogP contribution is -2.34. The van der Waals surface area contributed by atoms with Gasteiger partial charge in [0.15, 0.2) is 0 Å². The maximum Gasteiger partial charge on any atom is 0.228 e. The summed E-state index contributed by atoms with van der Waals surface area (Å²) in [5, 5.41) is 6.73. The standard InChI is InChI=1S/C16H18Cl2N2O2/c17-9-5-6-14(13(18)7-9)20-16(22)12-8-11(12)15(21)19-10-3-1-2-4-10/h5-7,10-12H,1-4,8H2,(H,19,21)(H,20,22). The molecule has 1 aromatic carbocycles. The van der Waals surface area contributed by atoms with Gasteiger partial charge in [-0.3, -0.25) is 9.59 Å². The average molecular weight is 341 g/mol. The van der Waals surface area contributed by atoms with Gasteiger partial charge in [0.2, 0.25) is 11.8 Å². The highest BCUT2D eigenvalue weighted by Gasteiger charge is 2.48. The molecule has 0 aromatic heterocycles. The lowest BCUT2D eigenvalue weighted by Gasteiger charge is -2.11. The van der Waals surface area contributed by atoms with Gasteiger partial charge in [-0.1, -0.05) is 36.0 Å². The zero-order chi connectivity index (χ0) is 15.7. The maximum atomic E-state index is 12.2. The SMILES string of the molecule is O=C(Nc1ccc(Cl)cc1Cl)C1CC1C(=O)NC1CCCC1. The summed E-state index contributed by atoms with van der Waals surface area (Å²) >= 11 is 11.9. The fourth-order valence-corrected chi connectivity index (χ4v) is 3.42. The smallest absolute Gasteiger partial charge is 0.228 e. The summed E-state index contributed by atoms with van der Waals surface area (Å²) in [5.41, 5.74) is 0.526. The Labute approximate surface area is 139 Å². The van der Waals surface area contributed by atoms with E-state index in [4.69, 9.17) is 23.2 Å². The normalized spacial score (nSPS) is 24.1. The molecule has 2 unspecified atom stereocenters. The van der Waals surface area contributed by atoms with Gasteiger partial charge < -0.3 is 10.6 Å². The van der Waals surface area contributed by atoms with Gasteiger partial charge in [-0.05, 0) is 37.5 Å². The summed E-state index contributed by atoms with van der Waals surface area (Å²) in [7, 11) is 0. The quantitative estimate of drug-likeness (QED) is 0.879. The topological polar surface area (TPSA) is 58.2 Å². The van der Waals surface area contributed by atoms with E-state index in [-0.39, 0.29) is 23.7 Å². The van der Waals surface area contributed by atoms with E-state index in [1.165, 1.54) is 12.8 Å². The van der Waals surface area contributed by atoms with Crippen LogP contribution in [0.1, 0.15) is 32.1 Å². The first-order chi connectivity index (χ1) is 10.5. The number of hydrogen-bond donors (Lipinski definition) is 2. The highest BCUT2D eigenvalue weighted by molar-refractivity contribution is 6.36. The average Bonchev–Trinajstić information content (AvgIpc) is 3.13. The number of nitrogens with one attached hydrogen (secondary N) is 2. The van der Waals surface area contributed by atoms with Gasteiger partial charge in [0, 0.05) is 11.1 Å². The fraction of sp³-hybridized carbons (Fsp3) is 0.500. The predicted molar refractivity (Wildman–Crippen MR) is 87.1 cm³/mol. The first-order valence-corrected chi connectivity index (χ1v) is 8.36. The summed E-state index contributed by atoms with van der Waals surface area (Å²) in [4.78, 5) is 24.3. The van der Waals surface area contributed by atoms with Gasteiger partial charge in [0.25, 0.3) is 0 Å². The minimum absolute atomic E-state index is 0.00857. The van der Waals surface area contributed by atoms with Crippen molar-refractivity contribution < 1.29 is 9.59 Å². The lowest BCUT2D eigenvalue weighted by molar-refractivity contribution is -0.125. The summed E-state index contributed by atoms with van der Waals surface area (Å²) < 4.78 is 0. The van der Waals surface area contributed by atoms with Crippen molar-refractivity contribution in [3.05, 3.63) is 28.2 Å². The van der Waals surface area contributed by atoms with Gasteiger partial charge in [0.1, 0.15) is 0 Å². The van der Waals surface area contributed by atoms with Crippen LogP contribution in [0.5, 0.6) is 0 Å². The van der Waals surface area contributed by atoms with E-state index in [0.29, 0.717) is 28.2 Å². The number of hydrogen-bond acceptors (Lipinski definition) is 2. The maximum absolute atomic E-state index is 12.2. The molecule has 2 saturated carbocycles. The van der Waals surface area contributed by atoms with E-state index in [1.807, 2.05) is 0 Å². The third kappa shape index (κ3) is 3.55. The molecular weight excluding hydrogens is 323 g/mol. The Balaban J connectivity index is 1.52. The molecule has 6 heteroatoms. The van der Waals surface area contributed by atoms with Crippen molar-refractivity contribution >= 4 is 40.7 Å². The number of carbonyl (C=O) groups excluding carboxylic acids is 2. The largest absolute Gasteiger partial charge is 0.353 e. The van der Waals surface area contributed by atoms with Crippen molar-refractivity contribution in [1.82, 2.24) is 5.32 Å². The molecule has 2 fully saturated rings. The van der Waals surface area contributed by atoms with Crippen molar-refractivity contribution in [1.29, 1.82) is 0 Å². The Bertz CT molecular complexity index is 600. The molecule has 0 bridgehead atoms. The molecule has 2 aliphatic rings.